The van der Waals surface area contributed by atoms with E-state index >= 15 is 0 Å². The number of nitrogens with one attached hydrogen (secondary N) is 1. The lowest BCUT2D eigenvalue weighted by molar-refractivity contribution is 0.102. The summed E-state index contributed by atoms with van der Waals surface area (Å²) in [5.41, 5.74) is 4.65. The van der Waals surface area contributed by atoms with Crippen molar-refractivity contribution in [3.05, 3.63) is 59.7 Å². The summed E-state index contributed by atoms with van der Waals surface area (Å²) in [6, 6.07) is 15.4. The van der Waals surface area contributed by atoms with Gasteiger partial charge < -0.3 is 10.1 Å². The van der Waals surface area contributed by atoms with Crippen molar-refractivity contribution in [3.63, 3.8) is 0 Å². The zero-order chi connectivity index (χ0) is 18.6. The Morgan fingerprint density at radius 1 is 1.22 bits per heavy atom. The number of rotatable bonds is 7. The maximum Gasteiger partial charge on any atom is 0.255 e. The highest BCUT2D eigenvalue weighted by Crippen LogP contribution is 2.29. The molecule has 1 aliphatic heterocycles. The first-order valence-electron chi connectivity index (χ1n) is 9.57. The Morgan fingerprint density at radius 3 is 2.74 bits per heavy atom. The topological polar surface area (TPSA) is 53.9 Å². The van der Waals surface area contributed by atoms with Crippen LogP contribution < -0.4 is 10.3 Å². The molecule has 0 atom stereocenters. The number of ether oxygens (including phenoxy) is 1. The summed E-state index contributed by atoms with van der Waals surface area (Å²) in [6.45, 7) is 4.36. The van der Waals surface area contributed by atoms with E-state index in [9.17, 15) is 4.79 Å². The van der Waals surface area contributed by atoms with E-state index in [1.54, 1.807) is 0 Å². The van der Waals surface area contributed by atoms with Gasteiger partial charge in [0.15, 0.2) is 0 Å². The van der Waals surface area contributed by atoms with Crippen LogP contribution in [0, 0.1) is 5.92 Å². The summed E-state index contributed by atoms with van der Waals surface area (Å²) >= 11 is 0. The van der Waals surface area contributed by atoms with Gasteiger partial charge in [-0.25, -0.2) is 0 Å². The molecule has 0 unspecified atom stereocenters. The van der Waals surface area contributed by atoms with Crippen LogP contribution >= 0.6 is 0 Å². The van der Waals surface area contributed by atoms with Crippen molar-refractivity contribution < 1.29 is 9.53 Å². The minimum absolute atomic E-state index is 0.112. The molecule has 0 bridgehead atoms. The largest absolute Gasteiger partial charge is 0.376 e. The lowest BCUT2D eigenvalue weighted by Crippen LogP contribution is -2.14. The molecule has 5 nitrogen and oxygen atoms in total. The number of hydrogen-bond donors (Lipinski definition) is 1. The maximum absolute atomic E-state index is 12.5. The van der Waals surface area contributed by atoms with Gasteiger partial charge in [0.1, 0.15) is 0 Å². The average Bonchev–Trinajstić information content (AvgIpc) is 3.40. The molecular formula is C22H25N3O2. The van der Waals surface area contributed by atoms with E-state index in [2.05, 4.69) is 10.4 Å². The van der Waals surface area contributed by atoms with Crippen LogP contribution in [0.5, 0.6) is 0 Å². The summed E-state index contributed by atoms with van der Waals surface area (Å²) in [4.78, 5) is 12.5. The molecule has 2 aliphatic rings. The molecule has 0 spiro atoms. The van der Waals surface area contributed by atoms with E-state index < -0.39 is 0 Å². The molecule has 2 aromatic carbocycles. The number of benzene rings is 2. The van der Waals surface area contributed by atoms with Crippen LogP contribution in [0.1, 0.15) is 42.1 Å². The van der Waals surface area contributed by atoms with Crippen molar-refractivity contribution in [2.75, 3.05) is 23.5 Å². The minimum Gasteiger partial charge on any atom is -0.376 e. The first-order chi connectivity index (χ1) is 13.2. The van der Waals surface area contributed by atoms with Gasteiger partial charge in [-0.2, -0.15) is 5.10 Å². The number of hydrazone groups is 1. The first kappa shape index (κ1) is 17.7. The second kappa shape index (κ2) is 7.92. The fourth-order valence-corrected chi connectivity index (χ4v) is 3.12. The third kappa shape index (κ3) is 4.74. The number of hydrogen-bond acceptors (Lipinski definition) is 4. The fraction of sp³-hybridized carbons (Fsp3) is 0.364. The van der Waals surface area contributed by atoms with Crippen molar-refractivity contribution >= 4 is 23.0 Å². The molecule has 0 aromatic heterocycles. The second-order valence-corrected chi connectivity index (χ2v) is 7.37. The van der Waals surface area contributed by atoms with Crippen molar-refractivity contribution in [2.45, 2.75) is 32.8 Å². The molecular weight excluding hydrogens is 338 g/mol. The highest BCUT2D eigenvalue weighted by atomic mass is 16.5. The molecule has 0 saturated heterocycles. The highest BCUT2D eigenvalue weighted by Gasteiger charge is 2.21. The van der Waals surface area contributed by atoms with E-state index in [1.807, 2.05) is 60.5 Å². The van der Waals surface area contributed by atoms with Gasteiger partial charge in [-0.15, -0.1) is 0 Å². The van der Waals surface area contributed by atoms with E-state index in [1.165, 1.54) is 12.8 Å². The second-order valence-electron chi connectivity index (χ2n) is 7.37. The number of amides is 1. The molecule has 140 valence electrons. The zero-order valence-corrected chi connectivity index (χ0v) is 15.6. The predicted molar refractivity (Wildman–Crippen MR) is 108 cm³/mol. The summed E-state index contributed by atoms with van der Waals surface area (Å²) in [6.07, 6.45) is 3.57. The number of anilines is 2. The van der Waals surface area contributed by atoms with Crippen molar-refractivity contribution in [2.24, 2.45) is 11.0 Å². The Kier molecular flexibility index (Phi) is 5.21. The third-order valence-corrected chi connectivity index (χ3v) is 4.91. The van der Waals surface area contributed by atoms with Gasteiger partial charge >= 0.3 is 0 Å². The summed E-state index contributed by atoms with van der Waals surface area (Å²) in [5, 5.41) is 9.43. The van der Waals surface area contributed by atoms with Crippen LogP contribution in [0.25, 0.3) is 0 Å². The molecule has 27 heavy (non-hydrogen) atoms. The van der Waals surface area contributed by atoms with E-state index in [0.717, 1.165) is 48.1 Å². The van der Waals surface area contributed by atoms with E-state index in [0.29, 0.717) is 12.2 Å². The average molecular weight is 363 g/mol. The van der Waals surface area contributed by atoms with Crippen LogP contribution in [-0.2, 0) is 11.3 Å². The monoisotopic (exact) mass is 363 g/mol. The zero-order valence-electron chi connectivity index (χ0n) is 15.6. The first-order valence-corrected chi connectivity index (χ1v) is 9.57. The summed E-state index contributed by atoms with van der Waals surface area (Å²) in [7, 11) is 0. The third-order valence-electron chi connectivity index (χ3n) is 4.91. The molecule has 1 heterocycles. The van der Waals surface area contributed by atoms with Crippen LogP contribution in [0.3, 0.4) is 0 Å². The van der Waals surface area contributed by atoms with Crippen LogP contribution in [0.15, 0.2) is 53.6 Å². The number of nitrogens with zero attached hydrogens (tertiary/aromatic N) is 2. The Balaban J connectivity index is 1.35. The Morgan fingerprint density at radius 2 is 2.04 bits per heavy atom. The van der Waals surface area contributed by atoms with Gasteiger partial charge in [0.05, 0.1) is 12.3 Å². The van der Waals surface area contributed by atoms with Crippen molar-refractivity contribution in [1.82, 2.24) is 0 Å². The minimum atomic E-state index is -0.112. The van der Waals surface area contributed by atoms with Crippen molar-refractivity contribution in [1.29, 1.82) is 0 Å². The predicted octanol–water partition coefficient (Wildman–Crippen LogP) is 4.45. The quantitative estimate of drug-likeness (QED) is 0.791. The molecule has 1 fully saturated rings. The highest BCUT2D eigenvalue weighted by molar-refractivity contribution is 6.04. The lowest BCUT2D eigenvalue weighted by atomic mass is 10.1. The molecule has 1 aliphatic carbocycles. The van der Waals surface area contributed by atoms with Crippen LogP contribution in [0.2, 0.25) is 0 Å². The standard InChI is InChI=1S/C22H25N3O2/c1-16-11-12-25(24-16)21-9-7-19(8-10-21)22(26)23-20-4-2-3-18(13-20)15-27-14-17-5-6-17/h2-4,7-10,13,17H,5-6,11-12,14-15H2,1H3,(H,23,26). The fourth-order valence-electron chi connectivity index (χ4n) is 3.12. The molecule has 1 N–H and O–H groups in total. The molecule has 2 aromatic rings. The van der Waals surface area contributed by atoms with Gasteiger partial charge in [-0.05, 0) is 67.6 Å². The molecule has 1 saturated carbocycles. The molecule has 1 amide bonds. The SMILES string of the molecule is CC1=NN(c2ccc(C(=O)Nc3cccc(COCC4CC4)c3)cc2)CC1. The number of carbonyl (C=O) groups excluding carboxylic acids is 1. The van der Waals surface area contributed by atoms with E-state index in [-0.39, 0.29) is 5.91 Å². The summed E-state index contributed by atoms with van der Waals surface area (Å²) in [5.74, 6) is 0.643. The van der Waals surface area contributed by atoms with Gasteiger partial charge in [0, 0.05) is 36.5 Å². The Labute approximate surface area is 160 Å². The summed E-state index contributed by atoms with van der Waals surface area (Å²) < 4.78 is 5.73. The lowest BCUT2D eigenvalue weighted by Gasteiger charge is -2.14. The molecule has 0 radical (unpaired) electrons. The van der Waals surface area contributed by atoms with Crippen LogP contribution in [-0.4, -0.2) is 24.8 Å². The van der Waals surface area contributed by atoms with E-state index in [4.69, 9.17) is 4.74 Å². The van der Waals surface area contributed by atoms with Gasteiger partial charge in [-0.3, -0.25) is 9.80 Å². The van der Waals surface area contributed by atoms with Crippen molar-refractivity contribution in [3.8, 4) is 0 Å². The smallest absolute Gasteiger partial charge is 0.255 e. The van der Waals surface area contributed by atoms with Gasteiger partial charge in [0.25, 0.3) is 5.91 Å². The normalized spacial score (nSPS) is 16.3. The molecule has 4 rings (SSSR count). The molecule has 5 heteroatoms. The maximum atomic E-state index is 12.5. The Hall–Kier alpha value is -2.66. The van der Waals surface area contributed by atoms with Crippen LogP contribution in [0.4, 0.5) is 11.4 Å². The Bertz CT molecular complexity index is 841. The van der Waals surface area contributed by atoms with Gasteiger partial charge in [0.2, 0.25) is 0 Å². The van der Waals surface area contributed by atoms with Gasteiger partial charge in [-0.1, -0.05) is 12.1 Å². The number of carbonyl (C=O) groups is 1.